The lowest BCUT2D eigenvalue weighted by molar-refractivity contribution is -0.117. The molecule has 1 amide bonds. The smallest absolute Gasteiger partial charge is 0.244 e. The maximum absolute atomic E-state index is 12.4. The zero-order valence-electron chi connectivity index (χ0n) is 14.7. The van der Waals surface area contributed by atoms with Gasteiger partial charge in [0.15, 0.2) is 0 Å². The van der Waals surface area contributed by atoms with Crippen LogP contribution in [0.5, 0.6) is 0 Å². The van der Waals surface area contributed by atoms with Crippen LogP contribution in [0.1, 0.15) is 28.4 Å². The summed E-state index contributed by atoms with van der Waals surface area (Å²) in [7, 11) is 0. The van der Waals surface area contributed by atoms with E-state index in [-0.39, 0.29) is 11.9 Å². The summed E-state index contributed by atoms with van der Waals surface area (Å²) in [6, 6.07) is 17.6. The van der Waals surface area contributed by atoms with Gasteiger partial charge in [0, 0.05) is 24.7 Å². The summed E-state index contributed by atoms with van der Waals surface area (Å²) < 4.78 is 0. The number of benzene rings is 1. The summed E-state index contributed by atoms with van der Waals surface area (Å²) in [4.78, 5) is 20.8. The second-order valence-electron chi connectivity index (χ2n) is 6.12. The van der Waals surface area contributed by atoms with Gasteiger partial charge in [-0.15, -0.1) is 0 Å². The molecule has 0 spiro atoms. The molecule has 0 radical (unpaired) electrons. The lowest BCUT2D eigenvalue weighted by Gasteiger charge is -2.17. The van der Waals surface area contributed by atoms with Crippen molar-refractivity contribution in [3.8, 4) is 0 Å². The first-order valence-electron chi connectivity index (χ1n) is 8.56. The zero-order valence-corrected chi connectivity index (χ0v) is 14.7. The minimum atomic E-state index is -0.187. The largest absolute Gasteiger partial charge is 0.344 e. The molecule has 0 aliphatic carbocycles. The van der Waals surface area contributed by atoms with Gasteiger partial charge in [-0.25, -0.2) is 0 Å². The Kier molecular flexibility index (Phi) is 5.88. The molecule has 0 aliphatic heterocycles. The van der Waals surface area contributed by atoms with Crippen LogP contribution in [0.15, 0.2) is 79.3 Å². The van der Waals surface area contributed by atoms with Crippen LogP contribution in [0, 0.1) is 6.92 Å². The number of carbonyl (C=O) groups is 1. The molecule has 1 N–H and O–H groups in total. The molecule has 3 aromatic rings. The maximum atomic E-state index is 12.4. The van der Waals surface area contributed by atoms with Gasteiger partial charge in [-0.05, 0) is 54.8 Å². The third-order valence-electron chi connectivity index (χ3n) is 4.05. The Morgan fingerprint density at radius 3 is 2.50 bits per heavy atom. The van der Waals surface area contributed by atoms with Crippen LogP contribution in [-0.2, 0) is 11.2 Å². The lowest BCUT2D eigenvalue weighted by Crippen LogP contribution is -2.29. The molecule has 1 aromatic carbocycles. The van der Waals surface area contributed by atoms with Gasteiger partial charge in [0.05, 0.1) is 11.7 Å². The van der Waals surface area contributed by atoms with Crippen molar-refractivity contribution in [2.45, 2.75) is 19.4 Å². The van der Waals surface area contributed by atoms with E-state index >= 15 is 0 Å². The van der Waals surface area contributed by atoms with Crippen LogP contribution < -0.4 is 5.32 Å². The SMILES string of the molecule is Cc1ccc(C[C@@H](NC(=O)/C=C\c2ccncc2)c2ccccn2)cc1. The van der Waals surface area contributed by atoms with Gasteiger partial charge < -0.3 is 5.32 Å². The molecular weight excluding hydrogens is 322 g/mol. The molecular formula is C22H21N3O. The number of nitrogens with one attached hydrogen (secondary N) is 1. The number of carbonyl (C=O) groups excluding carboxylic acids is 1. The van der Waals surface area contributed by atoms with Crippen LogP contribution in [0.4, 0.5) is 0 Å². The molecule has 0 saturated carbocycles. The Hall–Kier alpha value is -3.27. The second-order valence-corrected chi connectivity index (χ2v) is 6.12. The van der Waals surface area contributed by atoms with Gasteiger partial charge in [-0.1, -0.05) is 35.9 Å². The zero-order chi connectivity index (χ0) is 18.2. The van der Waals surface area contributed by atoms with Crippen LogP contribution in [0.25, 0.3) is 6.08 Å². The molecule has 0 bridgehead atoms. The predicted molar refractivity (Wildman–Crippen MR) is 103 cm³/mol. The number of aryl methyl sites for hydroxylation is 1. The fourth-order valence-electron chi connectivity index (χ4n) is 2.64. The minimum absolute atomic E-state index is 0.149. The third kappa shape index (κ3) is 5.11. The van der Waals surface area contributed by atoms with E-state index in [9.17, 15) is 4.79 Å². The summed E-state index contributed by atoms with van der Waals surface area (Å²) >= 11 is 0. The number of aromatic nitrogens is 2. The fraction of sp³-hybridized carbons (Fsp3) is 0.136. The molecule has 26 heavy (non-hydrogen) atoms. The van der Waals surface area contributed by atoms with Gasteiger partial charge in [-0.2, -0.15) is 0 Å². The summed E-state index contributed by atoms with van der Waals surface area (Å²) in [6.45, 7) is 2.06. The molecule has 1 atom stereocenters. The van der Waals surface area contributed by atoms with E-state index in [1.807, 2.05) is 30.3 Å². The van der Waals surface area contributed by atoms with E-state index in [0.29, 0.717) is 6.42 Å². The van der Waals surface area contributed by atoms with E-state index in [2.05, 4.69) is 46.5 Å². The predicted octanol–water partition coefficient (Wildman–Crippen LogP) is 3.90. The maximum Gasteiger partial charge on any atom is 0.244 e. The normalized spacial score (nSPS) is 12.0. The van der Waals surface area contributed by atoms with Crippen molar-refractivity contribution in [2.75, 3.05) is 0 Å². The summed E-state index contributed by atoms with van der Waals surface area (Å²) in [6.07, 6.45) is 9.15. The molecule has 4 heteroatoms. The first-order chi connectivity index (χ1) is 12.7. The number of rotatable bonds is 6. The van der Waals surface area contributed by atoms with Gasteiger partial charge in [0.25, 0.3) is 0 Å². The second kappa shape index (κ2) is 8.72. The molecule has 0 fully saturated rings. The Morgan fingerprint density at radius 2 is 1.81 bits per heavy atom. The van der Waals surface area contributed by atoms with E-state index in [0.717, 1.165) is 16.8 Å². The van der Waals surface area contributed by atoms with Crippen LogP contribution in [0.2, 0.25) is 0 Å². The molecule has 0 unspecified atom stereocenters. The highest BCUT2D eigenvalue weighted by Crippen LogP contribution is 2.17. The number of pyridine rings is 2. The van der Waals surface area contributed by atoms with Crippen molar-refractivity contribution in [2.24, 2.45) is 0 Å². The van der Waals surface area contributed by atoms with Gasteiger partial charge in [0.2, 0.25) is 5.91 Å². The first kappa shape index (κ1) is 17.5. The third-order valence-corrected chi connectivity index (χ3v) is 4.05. The molecule has 4 nitrogen and oxygen atoms in total. The minimum Gasteiger partial charge on any atom is -0.344 e. The van der Waals surface area contributed by atoms with Gasteiger partial charge >= 0.3 is 0 Å². The quantitative estimate of drug-likeness (QED) is 0.691. The molecule has 0 aliphatic rings. The van der Waals surface area contributed by atoms with Crippen molar-refractivity contribution >= 4 is 12.0 Å². The van der Waals surface area contributed by atoms with Crippen molar-refractivity contribution in [1.82, 2.24) is 15.3 Å². The van der Waals surface area contributed by atoms with Crippen molar-refractivity contribution < 1.29 is 4.79 Å². The highest BCUT2D eigenvalue weighted by molar-refractivity contribution is 5.91. The fourth-order valence-corrected chi connectivity index (χ4v) is 2.64. The van der Waals surface area contributed by atoms with Gasteiger partial charge in [0.1, 0.15) is 0 Å². The Bertz CT molecular complexity index is 859. The lowest BCUT2D eigenvalue weighted by atomic mass is 10.0. The molecule has 130 valence electrons. The summed E-state index contributed by atoms with van der Waals surface area (Å²) in [5.41, 5.74) is 4.15. The van der Waals surface area contributed by atoms with Crippen molar-refractivity contribution in [3.05, 3.63) is 102 Å². The average molecular weight is 343 g/mol. The summed E-state index contributed by atoms with van der Waals surface area (Å²) in [5, 5.41) is 3.06. The number of hydrogen-bond donors (Lipinski definition) is 1. The average Bonchev–Trinajstić information content (AvgIpc) is 2.69. The topological polar surface area (TPSA) is 54.9 Å². The standard InChI is InChI=1S/C22H21N3O/c1-17-5-7-19(8-6-17)16-21(20-4-2-3-13-24-20)25-22(26)10-9-18-11-14-23-15-12-18/h2-15,21H,16H2,1H3,(H,25,26)/b10-9-/t21-/m1/s1. The number of hydrogen-bond acceptors (Lipinski definition) is 3. The Balaban J connectivity index is 1.74. The monoisotopic (exact) mass is 343 g/mol. The molecule has 0 saturated heterocycles. The Morgan fingerprint density at radius 1 is 1.04 bits per heavy atom. The molecule has 2 aromatic heterocycles. The van der Waals surface area contributed by atoms with E-state index < -0.39 is 0 Å². The first-order valence-corrected chi connectivity index (χ1v) is 8.56. The summed E-state index contributed by atoms with van der Waals surface area (Å²) in [5.74, 6) is -0.149. The van der Waals surface area contributed by atoms with E-state index in [1.54, 1.807) is 30.7 Å². The Labute approximate surface area is 153 Å². The molecule has 2 heterocycles. The van der Waals surface area contributed by atoms with Crippen molar-refractivity contribution in [3.63, 3.8) is 0 Å². The molecule has 3 rings (SSSR count). The number of amides is 1. The van der Waals surface area contributed by atoms with Crippen LogP contribution in [-0.4, -0.2) is 15.9 Å². The van der Waals surface area contributed by atoms with Crippen LogP contribution in [0.3, 0.4) is 0 Å². The highest BCUT2D eigenvalue weighted by atomic mass is 16.1. The highest BCUT2D eigenvalue weighted by Gasteiger charge is 2.15. The van der Waals surface area contributed by atoms with Crippen LogP contribution >= 0.6 is 0 Å². The van der Waals surface area contributed by atoms with E-state index in [1.165, 1.54) is 5.56 Å². The van der Waals surface area contributed by atoms with Crippen molar-refractivity contribution in [1.29, 1.82) is 0 Å². The van der Waals surface area contributed by atoms with Gasteiger partial charge in [-0.3, -0.25) is 14.8 Å². The number of nitrogens with zero attached hydrogens (tertiary/aromatic N) is 2. The van der Waals surface area contributed by atoms with E-state index in [4.69, 9.17) is 0 Å².